The summed E-state index contributed by atoms with van der Waals surface area (Å²) in [7, 11) is 0. The molecule has 2 unspecified atom stereocenters. The molecule has 0 spiro atoms. The highest BCUT2D eigenvalue weighted by Gasteiger charge is 2.33. The molecular formula is C13H19N3O3S. The van der Waals surface area contributed by atoms with Gasteiger partial charge in [-0.05, 0) is 20.8 Å². The maximum absolute atomic E-state index is 11.8. The zero-order valence-corrected chi connectivity index (χ0v) is 12.7. The topological polar surface area (TPSA) is 72.5 Å². The van der Waals surface area contributed by atoms with Crippen molar-refractivity contribution in [3.63, 3.8) is 0 Å². The fourth-order valence-electron chi connectivity index (χ4n) is 2.44. The van der Waals surface area contributed by atoms with Crippen molar-refractivity contribution < 1.29 is 14.3 Å². The van der Waals surface area contributed by atoms with E-state index >= 15 is 0 Å². The highest BCUT2D eigenvalue weighted by molar-refractivity contribution is 7.16. The number of carbonyl (C=O) groups is 1. The smallest absolute Gasteiger partial charge is 0.413 e. The number of aromatic nitrogens is 1. The van der Waals surface area contributed by atoms with E-state index in [0.717, 1.165) is 23.6 Å². The Morgan fingerprint density at radius 1 is 1.50 bits per heavy atom. The van der Waals surface area contributed by atoms with E-state index in [-0.39, 0.29) is 6.04 Å². The lowest BCUT2D eigenvalue weighted by Gasteiger charge is -2.34. The van der Waals surface area contributed by atoms with Gasteiger partial charge in [0.15, 0.2) is 5.13 Å². The number of ether oxygens (including phenoxy) is 2. The molecule has 1 saturated heterocycles. The quantitative estimate of drug-likeness (QED) is 0.830. The predicted octanol–water partition coefficient (Wildman–Crippen LogP) is 2.08. The zero-order chi connectivity index (χ0) is 14.3. The molecule has 0 radical (unpaired) electrons. The molecule has 0 saturated carbocycles. The summed E-state index contributed by atoms with van der Waals surface area (Å²) in [6.45, 7) is 6.90. The number of anilines is 1. The van der Waals surface area contributed by atoms with Gasteiger partial charge in [0.2, 0.25) is 0 Å². The van der Waals surface area contributed by atoms with Crippen LogP contribution in [0.2, 0.25) is 0 Å². The number of nitrogens with zero attached hydrogens (tertiary/aromatic N) is 1. The van der Waals surface area contributed by atoms with Gasteiger partial charge in [-0.15, -0.1) is 0 Å². The van der Waals surface area contributed by atoms with Gasteiger partial charge in [0.05, 0.1) is 24.9 Å². The van der Waals surface area contributed by atoms with Gasteiger partial charge in [0.25, 0.3) is 0 Å². The van der Waals surface area contributed by atoms with E-state index < -0.39 is 11.7 Å². The number of rotatable bonds is 1. The number of morpholine rings is 1. The first-order valence-corrected chi connectivity index (χ1v) is 7.56. The van der Waals surface area contributed by atoms with E-state index in [4.69, 9.17) is 9.47 Å². The van der Waals surface area contributed by atoms with Gasteiger partial charge >= 0.3 is 6.09 Å². The van der Waals surface area contributed by atoms with E-state index in [0.29, 0.717) is 17.8 Å². The minimum atomic E-state index is -0.507. The van der Waals surface area contributed by atoms with Gasteiger partial charge in [0.1, 0.15) is 5.60 Å². The minimum Gasteiger partial charge on any atom is -0.444 e. The lowest BCUT2D eigenvalue weighted by atomic mass is 10.0. The van der Waals surface area contributed by atoms with E-state index in [1.165, 1.54) is 11.3 Å². The van der Waals surface area contributed by atoms with Gasteiger partial charge in [-0.2, -0.15) is 0 Å². The lowest BCUT2D eigenvalue weighted by molar-refractivity contribution is 0.0395. The molecule has 2 N–H and O–H groups in total. The first-order chi connectivity index (χ1) is 9.40. The normalized spacial score (nSPS) is 24.9. The molecule has 2 aliphatic heterocycles. The average molecular weight is 297 g/mol. The molecule has 2 atom stereocenters. The van der Waals surface area contributed by atoms with Crippen LogP contribution in [0.15, 0.2) is 0 Å². The fraction of sp³-hybridized carbons (Fsp3) is 0.692. The molecule has 1 fully saturated rings. The Bertz CT molecular complexity index is 523. The number of amides is 1. The van der Waals surface area contributed by atoms with Crippen LogP contribution in [0.1, 0.15) is 37.4 Å². The van der Waals surface area contributed by atoms with Crippen molar-refractivity contribution in [3.8, 4) is 0 Å². The van der Waals surface area contributed by atoms with Crippen LogP contribution < -0.4 is 10.6 Å². The monoisotopic (exact) mass is 297 g/mol. The Kier molecular flexibility index (Phi) is 3.43. The van der Waals surface area contributed by atoms with Crippen molar-refractivity contribution in [2.24, 2.45) is 0 Å². The van der Waals surface area contributed by atoms with E-state index in [1.807, 2.05) is 20.8 Å². The number of fused-ring (bicyclic) bond motifs is 4. The van der Waals surface area contributed by atoms with Crippen LogP contribution in [0.5, 0.6) is 0 Å². The largest absolute Gasteiger partial charge is 0.444 e. The maximum atomic E-state index is 11.8. The standard InChI is InChI=1S/C13H19N3O3S/c1-13(2,3)19-12(17)16-11-15-8-4-7-5-18-6-9(14-7)10(8)20-11/h7,9,14H,4-6H2,1-3H3,(H,15,16,17). The first-order valence-electron chi connectivity index (χ1n) is 6.74. The van der Waals surface area contributed by atoms with Crippen molar-refractivity contribution in [1.29, 1.82) is 0 Å². The van der Waals surface area contributed by atoms with Gasteiger partial charge in [-0.1, -0.05) is 11.3 Å². The van der Waals surface area contributed by atoms with Crippen LogP contribution in [0.3, 0.4) is 0 Å². The molecule has 6 nitrogen and oxygen atoms in total. The van der Waals surface area contributed by atoms with Crippen molar-refractivity contribution in [2.75, 3.05) is 18.5 Å². The third-order valence-corrected chi connectivity index (χ3v) is 4.26. The van der Waals surface area contributed by atoms with Gasteiger partial charge in [0, 0.05) is 17.3 Å². The molecule has 2 bridgehead atoms. The molecule has 3 rings (SSSR count). The second-order valence-corrected chi connectivity index (χ2v) is 7.15. The first kappa shape index (κ1) is 13.8. The second kappa shape index (κ2) is 4.98. The van der Waals surface area contributed by atoms with Crippen LogP contribution in [-0.2, 0) is 15.9 Å². The number of hydrogen-bond acceptors (Lipinski definition) is 6. The summed E-state index contributed by atoms with van der Waals surface area (Å²) in [4.78, 5) is 17.4. The van der Waals surface area contributed by atoms with Crippen molar-refractivity contribution in [1.82, 2.24) is 10.3 Å². The molecule has 7 heteroatoms. The highest BCUT2D eigenvalue weighted by Crippen LogP contribution is 2.35. The average Bonchev–Trinajstić information content (AvgIpc) is 2.69. The van der Waals surface area contributed by atoms with E-state index in [1.54, 1.807) is 0 Å². The number of nitrogens with one attached hydrogen (secondary N) is 2. The lowest BCUT2D eigenvalue weighted by Crippen LogP contribution is -2.48. The van der Waals surface area contributed by atoms with Crippen LogP contribution in [0.4, 0.5) is 9.93 Å². The Morgan fingerprint density at radius 2 is 2.30 bits per heavy atom. The zero-order valence-electron chi connectivity index (χ0n) is 11.9. The summed E-state index contributed by atoms with van der Waals surface area (Å²) in [5.74, 6) is 0. The molecule has 2 aliphatic rings. The third kappa shape index (κ3) is 2.94. The van der Waals surface area contributed by atoms with E-state index in [9.17, 15) is 4.79 Å². The van der Waals surface area contributed by atoms with Crippen molar-refractivity contribution >= 4 is 22.6 Å². The Labute approximate surface area is 121 Å². The molecule has 110 valence electrons. The Balaban J connectivity index is 1.72. The molecule has 1 aromatic rings. The molecule has 1 amide bonds. The van der Waals surface area contributed by atoms with Crippen LogP contribution in [-0.4, -0.2) is 35.9 Å². The van der Waals surface area contributed by atoms with E-state index in [2.05, 4.69) is 15.6 Å². The minimum absolute atomic E-state index is 0.198. The summed E-state index contributed by atoms with van der Waals surface area (Å²) in [6.07, 6.45) is 0.383. The van der Waals surface area contributed by atoms with Crippen LogP contribution in [0.25, 0.3) is 0 Å². The fourth-order valence-corrected chi connectivity index (χ4v) is 3.46. The molecule has 3 heterocycles. The van der Waals surface area contributed by atoms with Crippen LogP contribution in [0, 0.1) is 0 Å². The van der Waals surface area contributed by atoms with Crippen molar-refractivity contribution in [2.45, 2.75) is 44.9 Å². The SMILES string of the molecule is CC(C)(C)OC(=O)Nc1nc2c(s1)C1COCC(C2)N1. The van der Waals surface area contributed by atoms with Gasteiger partial charge in [-0.25, -0.2) is 9.78 Å². The van der Waals surface area contributed by atoms with Gasteiger partial charge < -0.3 is 14.8 Å². The number of carbonyl (C=O) groups excluding carboxylic acids is 1. The number of thiazole rings is 1. The molecular weight excluding hydrogens is 278 g/mol. The van der Waals surface area contributed by atoms with Crippen LogP contribution >= 0.6 is 11.3 Å². The number of hydrogen-bond donors (Lipinski definition) is 2. The summed E-state index contributed by atoms with van der Waals surface area (Å²) in [5, 5.41) is 6.82. The second-order valence-electron chi connectivity index (χ2n) is 6.11. The summed E-state index contributed by atoms with van der Waals surface area (Å²) in [6, 6.07) is 0.530. The maximum Gasteiger partial charge on any atom is 0.413 e. The highest BCUT2D eigenvalue weighted by atomic mass is 32.1. The molecule has 1 aromatic heterocycles. The third-order valence-electron chi connectivity index (χ3n) is 3.13. The Morgan fingerprint density at radius 3 is 3.05 bits per heavy atom. The molecule has 20 heavy (non-hydrogen) atoms. The summed E-state index contributed by atoms with van der Waals surface area (Å²) >= 11 is 1.49. The predicted molar refractivity (Wildman–Crippen MR) is 76.2 cm³/mol. The molecule has 0 aliphatic carbocycles. The Hall–Kier alpha value is -1.18. The summed E-state index contributed by atoms with van der Waals surface area (Å²) in [5.41, 5.74) is 0.561. The van der Waals surface area contributed by atoms with Gasteiger partial charge in [-0.3, -0.25) is 5.32 Å². The van der Waals surface area contributed by atoms with Crippen molar-refractivity contribution in [3.05, 3.63) is 10.6 Å². The molecule has 0 aromatic carbocycles. The summed E-state index contributed by atoms with van der Waals surface area (Å²) < 4.78 is 10.8.